The minimum absolute atomic E-state index is 0.0785. The van der Waals surface area contributed by atoms with E-state index in [1.54, 1.807) is 17.7 Å². The summed E-state index contributed by atoms with van der Waals surface area (Å²) in [6.07, 6.45) is 1.66. The van der Waals surface area contributed by atoms with Crippen molar-refractivity contribution in [3.63, 3.8) is 0 Å². The van der Waals surface area contributed by atoms with E-state index in [-0.39, 0.29) is 5.91 Å². The van der Waals surface area contributed by atoms with Crippen molar-refractivity contribution in [2.24, 2.45) is 0 Å². The van der Waals surface area contributed by atoms with Gasteiger partial charge in [-0.2, -0.15) is 0 Å². The molecule has 1 amide bonds. The lowest BCUT2D eigenvalue weighted by molar-refractivity contribution is 0.0958. The number of carbonyl (C=O) groups is 1. The summed E-state index contributed by atoms with van der Waals surface area (Å²) < 4.78 is 1.03. The van der Waals surface area contributed by atoms with Gasteiger partial charge in [0, 0.05) is 12.1 Å². The predicted molar refractivity (Wildman–Crippen MR) is 62.2 cm³/mol. The number of carbonyl (C=O) groups excluding carboxylic acids is 1. The molecular formula is C11H10N2OS. The van der Waals surface area contributed by atoms with Crippen molar-refractivity contribution in [2.75, 3.05) is 6.54 Å². The summed E-state index contributed by atoms with van der Waals surface area (Å²) >= 11 is 1.53. The molecule has 1 N–H and O–H groups in total. The van der Waals surface area contributed by atoms with Crippen LogP contribution in [0.15, 0.2) is 36.4 Å². The molecule has 0 saturated carbocycles. The molecule has 3 nitrogen and oxygen atoms in total. The first kappa shape index (κ1) is 9.86. The Morgan fingerprint density at radius 2 is 2.47 bits per heavy atom. The molecular weight excluding hydrogens is 208 g/mol. The van der Waals surface area contributed by atoms with Gasteiger partial charge in [-0.25, -0.2) is 4.98 Å². The largest absolute Gasteiger partial charge is 0.349 e. The zero-order chi connectivity index (χ0) is 10.7. The van der Waals surface area contributed by atoms with E-state index in [9.17, 15) is 4.79 Å². The van der Waals surface area contributed by atoms with E-state index < -0.39 is 0 Å². The Hall–Kier alpha value is -1.68. The number of benzene rings is 1. The summed E-state index contributed by atoms with van der Waals surface area (Å²) in [5.41, 5.74) is 3.37. The fraction of sp³-hybridized carbons (Fsp3) is 0.0909. The number of rotatable bonds is 3. The second kappa shape index (κ2) is 4.23. The zero-order valence-electron chi connectivity index (χ0n) is 8.06. The lowest BCUT2D eigenvalue weighted by atomic mass is 10.2. The Kier molecular flexibility index (Phi) is 2.78. The first-order chi connectivity index (χ1) is 7.31. The van der Waals surface area contributed by atoms with Crippen LogP contribution in [0.3, 0.4) is 0 Å². The fourth-order valence-corrected chi connectivity index (χ4v) is 1.98. The minimum atomic E-state index is -0.0785. The molecule has 0 radical (unpaired) electrons. The monoisotopic (exact) mass is 218 g/mol. The standard InChI is InChI=1S/C11H10N2OS/c1-2-5-12-11(14)8-3-4-9-10(6-8)15-7-13-9/h2-4,6-7H,1,5H2,(H,12,14). The maximum Gasteiger partial charge on any atom is 0.251 e. The summed E-state index contributed by atoms with van der Waals surface area (Å²) in [6.45, 7) is 4.03. The van der Waals surface area contributed by atoms with Crippen molar-refractivity contribution in [3.8, 4) is 0 Å². The van der Waals surface area contributed by atoms with Crippen molar-refractivity contribution in [3.05, 3.63) is 41.9 Å². The van der Waals surface area contributed by atoms with Gasteiger partial charge in [-0.05, 0) is 18.2 Å². The maximum absolute atomic E-state index is 11.6. The average Bonchev–Trinajstić information content (AvgIpc) is 2.72. The Balaban J connectivity index is 2.27. The minimum Gasteiger partial charge on any atom is -0.349 e. The summed E-state index contributed by atoms with van der Waals surface area (Å²) in [5.74, 6) is -0.0785. The van der Waals surface area contributed by atoms with E-state index in [1.807, 2.05) is 12.1 Å². The highest BCUT2D eigenvalue weighted by Crippen LogP contribution is 2.18. The second-order valence-electron chi connectivity index (χ2n) is 3.03. The average molecular weight is 218 g/mol. The first-order valence-electron chi connectivity index (χ1n) is 4.53. The van der Waals surface area contributed by atoms with E-state index in [4.69, 9.17) is 0 Å². The third-order valence-electron chi connectivity index (χ3n) is 2.00. The molecule has 0 aliphatic carbocycles. The number of hydrogen-bond donors (Lipinski definition) is 1. The van der Waals surface area contributed by atoms with E-state index in [1.165, 1.54) is 11.3 Å². The van der Waals surface area contributed by atoms with Gasteiger partial charge >= 0.3 is 0 Å². The van der Waals surface area contributed by atoms with Gasteiger partial charge in [0.2, 0.25) is 0 Å². The Bertz CT molecular complexity index is 504. The number of amides is 1. The SMILES string of the molecule is C=CCNC(=O)c1ccc2ncsc2c1. The molecule has 4 heteroatoms. The molecule has 2 rings (SSSR count). The van der Waals surface area contributed by atoms with E-state index >= 15 is 0 Å². The molecule has 0 spiro atoms. The molecule has 1 heterocycles. The van der Waals surface area contributed by atoms with Crippen molar-refractivity contribution < 1.29 is 4.79 Å². The van der Waals surface area contributed by atoms with Crippen LogP contribution >= 0.6 is 11.3 Å². The van der Waals surface area contributed by atoms with Crippen LogP contribution in [0.5, 0.6) is 0 Å². The lowest BCUT2D eigenvalue weighted by Gasteiger charge is -2.01. The molecule has 76 valence electrons. The molecule has 0 aliphatic heterocycles. The molecule has 0 bridgehead atoms. The topological polar surface area (TPSA) is 42.0 Å². The third-order valence-corrected chi connectivity index (χ3v) is 2.79. The van der Waals surface area contributed by atoms with E-state index in [2.05, 4.69) is 16.9 Å². The quantitative estimate of drug-likeness (QED) is 0.802. The van der Waals surface area contributed by atoms with Crippen molar-refractivity contribution in [1.29, 1.82) is 0 Å². The zero-order valence-corrected chi connectivity index (χ0v) is 8.88. The van der Waals surface area contributed by atoms with Crippen LogP contribution in [-0.2, 0) is 0 Å². The fourth-order valence-electron chi connectivity index (χ4n) is 1.26. The summed E-state index contributed by atoms with van der Waals surface area (Å²) in [6, 6.07) is 5.49. The number of thiazole rings is 1. The summed E-state index contributed by atoms with van der Waals surface area (Å²) in [4.78, 5) is 15.7. The smallest absolute Gasteiger partial charge is 0.251 e. The lowest BCUT2D eigenvalue weighted by Crippen LogP contribution is -2.22. The van der Waals surface area contributed by atoms with Crippen LogP contribution in [0.2, 0.25) is 0 Å². The van der Waals surface area contributed by atoms with E-state index in [0.717, 1.165) is 10.2 Å². The Morgan fingerprint density at radius 3 is 3.27 bits per heavy atom. The van der Waals surface area contributed by atoms with Crippen LogP contribution < -0.4 is 5.32 Å². The van der Waals surface area contributed by atoms with Gasteiger partial charge in [-0.1, -0.05) is 6.08 Å². The summed E-state index contributed by atoms with van der Waals surface area (Å²) in [5, 5.41) is 2.73. The molecule has 2 aromatic rings. The van der Waals surface area contributed by atoms with Crippen molar-refractivity contribution in [1.82, 2.24) is 10.3 Å². The number of nitrogens with zero attached hydrogens (tertiary/aromatic N) is 1. The van der Waals surface area contributed by atoms with Gasteiger partial charge in [-0.3, -0.25) is 4.79 Å². The van der Waals surface area contributed by atoms with Crippen LogP contribution in [0.4, 0.5) is 0 Å². The molecule has 0 atom stereocenters. The number of nitrogens with one attached hydrogen (secondary N) is 1. The molecule has 15 heavy (non-hydrogen) atoms. The van der Waals surface area contributed by atoms with Crippen LogP contribution in [0.1, 0.15) is 10.4 Å². The Labute approximate surface area is 91.5 Å². The summed E-state index contributed by atoms with van der Waals surface area (Å²) in [7, 11) is 0. The van der Waals surface area contributed by atoms with Gasteiger partial charge in [-0.15, -0.1) is 17.9 Å². The Morgan fingerprint density at radius 1 is 1.60 bits per heavy atom. The van der Waals surface area contributed by atoms with Gasteiger partial charge < -0.3 is 5.32 Å². The van der Waals surface area contributed by atoms with Gasteiger partial charge in [0.15, 0.2) is 0 Å². The molecule has 0 fully saturated rings. The van der Waals surface area contributed by atoms with Crippen LogP contribution in [0.25, 0.3) is 10.2 Å². The predicted octanol–water partition coefficient (Wildman–Crippen LogP) is 2.21. The van der Waals surface area contributed by atoms with Gasteiger partial charge in [0.05, 0.1) is 15.7 Å². The normalized spacial score (nSPS) is 10.1. The first-order valence-corrected chi connectivity index (χ1v) is 5.41. The van der Waals surface area contributed by atoms with Crippen LogP contribution in [-0.4, -0.2) is 17.4 Å². The van der Waals surface area contributed by atoms with Gasteiger partial charge in [0.1, 0.15) is 0 Å². The van der Waals surface area contributed by atoms with E-state index in [0.29, 0.717) is 12.1 Å². The maximum atomic E-state index is 11.6. The molecule has 1 aromatic heterocycles. The number of fused-ring (bicyclic) bond motifs is 1. The molecule has 0 aliphatic rings. The van der Waals surface area contributed by atoms with Crippen molar-refractivity contribution in [2.45, 2.75) is 0 Å². The van der Waals surface area contributed by atoms with Gasteiger partial charge in [0.25, 0.3) is 5.91 Å². The molecule has 0 saturated heterocycles. The van der Waals surface area contributed by atoms with Crippen molar-refractivity contribution >= 4 is 27.5 Å². The number of aromatic nitrogens is 1. The highest BCUT2D eigenvalue weighted by atomic mass is 32.1. The third kappa shape index (κ3) is 2.05. The highest BCUT2D eigenvalue weighted by molar-refractivity contribution is 7.16. The highest BCUT2D eigenvalue weighted by Gasteiger charge is 2.05. The molecule has 0 unspecified atom stereocenters. The second-order valence-corrected chi connectivity index (χ2v) is 3.92. The number of hydrogen-bond acceptors (Lipinski definition) is 3. The van der Waals surface area contributed by atoms with Crippen LogP contribution in [0, 0.1) is 0 Å². The molecule has 1 aromatic carbocycles.